The van der Waals surface area contributed by atoms with Crippen molar-refractivity contribution in [2.45, 2.75) is 51.4 Å². The van der Waals surface area contributed by atoms with Crippen molar-refractivity contribution in [3.05, 3.63) is 35.4 Å². The Morgan fingerprint density at radius 2 is 1.81 bits per heavy atom. The molecule has 1 amide bonds. The molecular weight excluding hydrogens is 451 g/mol. The maximum Gasteiger partial charge on any atom is 0.251 e. The van der Waals surface area contributed by atoms with Gasteiger partial charge in [-0.15, -0.1) is 24.0 Å². The van der Waals surface area contributed by atoms with Crippen molar-refractivity contribution in [3.63, 3.8) is 0 Å². The average molecular weight is 486 g/mol. The van der Waals surface area contributed by atoms with Gasteiger partial charge < -0.3 is 16.0 Å². The molecule has 1 aliphatic carbocycles. The van der Waals surface area contributed by atoms with E-state index in [1.54, 1.807) is 7.05 Å². The fourth-order valence-corrected chi connectivity index (χ4v) is 3.54. The highest BCUT2D eigenvalue weighted by molar-refractivity contribution is 14.0. The van der Waals surface area contributed by atoms with Crippen LogP contribution in [0.15, 0.2) is 29.3 Å². The van der Waals surface area contributed by atoms with E-state index in [0.29, 0.717) is 5.56 Å². The van der Waals surface area contributed by atoms with Gasteiger partial charge >= 0.3 is 0 Å². The van der Waals surface area contributed by atoms with Gasteiger partial charge in [-0.05, 0) is 42.9 Å². The molecule has 2 rings (SSSR count). The molecule has 0 spiro atoms. The summed E-state index contributed by atoms with van der Waals surface area (Å²) >= 11 is 0. The van der Waals surface area contributed by atoms with Crippen molar-refractivity contribution in [2.24, 2.45) is 10.9 Å². The number of hydrogen-bond acceptors (Lipinski definition) is 2. The van der Waals surface area contributed by atoms with Gasteiger partial charge in [-0.25, -0.2) is 0 Å². The second-order valence-electron chi connectivity index (χ2n) is 7.12. The van der Waals surface area contributed by atoms with Crippen LogP contribution in [-0.2, 0) is 6.42 Å². The number of benzene rings is 1. The number of hydrogen-bond donors (Lipinski definition) is 3. The molecule has 1 saturated carbocycles. The van der Waals surface area contributed by atoms with Crippen LogP contribution < -0.4 is 16.0 Å². The van der Waals surface area contributed by atoms with E-state index in [-0.39, 0.29) is 29.9 Å². The van der Waals surface area contributed by atoms with E-state index in [2.05, 4.69) is 27.0 Å². The van der Waals surface area contributed by atoms with Gasteiger partial charge in [0.25, 0.3) is 5.91 Å². The van der Waals surface area contributed by atoms with Crippen LogP contribution >= 0.6 is 24.0 Å². The monoisotopic (exact) mass is 486 g/mol. The molecule has 0 saturated heterocycles. The first-order valence-electron chi connectivity index (χ1n) is 9.98. The first-order chi connectivity index (χ1) is 12.7. The third kappa shape index (κ3) is 8.95. The van der Waals surface area contributed by atoms with E-state index in [0.717, 1.165) is 37.0 Å². The molecule has 0 unspecified atom stereocenters. The van der Waals surface area contributed by atoms with Crippen LogP contribution in [-0.4, -0.2) is 39.1 Å². The Hall–Kier alpha value is -1.31. The Labute approximate surface area is 181 Å². The summed E-state index contributed by atoms with van der Waals surface area (Å²) in [5.41, 5.74) is 1.85. The fraction of sp³-hybridized carbons (Fsp3) is 0.619. The highest BCUT2D eigenvalue weighted by Crippen LogP contribution is 2.21. The topological polar surface area (TPSA) is 65.5 Å². The molecule has 5 nitrogen and oxygen atoms in total. The van der Waals surface area contributed by atoms with Gasteiger partial charge in [0.1, 0.15) is 0 Å². The third-order valence-electron chi connectivity index (χ3n) is 5.13. The minimum absolute atomic E-state index is 0. The lowest BCUT2D eigenvalue weighted by atomic mass is 9.91. The first-order valence-corrected chi connectivity index (χ1v) is 9.98. The van der Waals surface area contributed by atoms with Crippen molar-refractivity contribution in [1.82, 2.24) is 16.0 Å². The van der Waals surface area contributed by atoms with E-state index in [9.17, 15) is 4.79 Å². The van der Waals surface area contributed by atoms with Crippen molar-refractivity contribution in [2.75, 3.05) is 27.2 Å². The zero-order chi connectivity index (χ0) is 18.6. The number of rotatable bonds is 6. The predicted molar refractivity (Wildman–Crippen MR) is 124 cm³/mol. The van der Waals surface area contributed by atoms with Crippen LogP contribution in [0.4, 0.5) is 0 Å². The molecule has 6 heteroatoms. The Morgan fingerprint density at radius 1 is 1.11 bits per heavy atom. The quantitative estimate of drug-likeness (QED) is 0.326. The van der Waals surface area contributed by atoms with Gasteiger partial charge in [0.2, 0.25) is 0 Å². The summed E-state index contributed by atoms with van der Waals surface area (Å²) in [6.45, 7) is 1.80. The van der Waals surface area contributed by atoms with Gasteiger partial charge in [0.05, 0.1) is 0 Å². The smallest absolute Gasteiger partial charge is 0.251 e. The first kappa shape index (κ1) is 23.7. The lowest BCUT2D eigenvalue weighted by molar-refractivity contribution is 0.0963. The number of carbonyl (C=O) groups is 1. The fourth-order valence-electron chi connectivity index (χ4n) is 3.54. The lowest BCUT2D eigenvalue weighted by Crippen LogP contribution is -2.40. The molecule has 0 aromatic heterocycles. The predicted octanol–water partition coefficient (Wildman–Crippen LogP) is 3.73. The Morgan fingerprint density at radius 3 is 2.48 bits per heavy atom. The van der Waals surface area contributed by atoms with Crippen molar-refractivity contribution in [1.29, 1.82) is 0 Å². The normalized spacial score (nSPS) is 15.9. The minimum Gasteiger partial charge on any atom is -0.356 e. The molecule has 1 aromatic rings. The summed E-state index contributed by atoms with van der Waals surface area (Å²) in [4.78, 5) is 16.1. The summed E-state index contributed by atoms with van der Waals surface area (Å²) in [6, 6.07) is 7.77. The molecule has 27 heavy (non-hydrogen) atoms. The van der Waals surface area contributed by atoms with Crippen LogP contribution in [0, 0.1) is 5.92 Å². The largest absolute Gasteiger partial charge is 0.356 e. The lowest BCUT2D eigenvalue weighted by Gasteiger charge is -2.21. The third-order valence-corrected chi connectivity index (χ3v) is 5.13. The van der Waals surface area contributed by atoms with Crippen molar-refractivity contribution in [3.8, 4) is 0 Å². The molecule has 0 radical (unpaired) electrons. The highest BCUT2D eigenvalue weighted by Gasteiger charge is 2.12. The van der Waals surface area contributed by atoms with Gasteiger partial charge in [-0.3, -0.25) is 9.79 Å². The maximum absolute atomic E-state index is 11.7. The zero-order valence-electron chi connectivity index (χ0n) is 16.7. The van der Waals surface area contributed by atoms with Crippen LogP contribution in [0.3, 0.4) is 0 Å². The van der Waals surface area contributed by atoms with Gasteiger partial charge in [-0.1, -0.05) is 44.2 Å². The molecule has 0 atom stereocenters. The van der Waals surface area contributed by atoms with Crippen molar-refractivity contribution >= 4 is 35.8 Å². The van der Waals surface area contributed by atoms with E-state index in [4.69, 9.17) is 0 Å². The highest BCUT2D eigenvalue weighted by atomic mass is 127. The summed E-state index contributed by atoms with van der Waals surface area (Å²) in [6.07, 6.45) is 10.4. The Balaban J connectivity index is 0.00000364. The van der Waals surface area contributed by atoms with Crippen molar-refractivity contribution < 1.29 is 4.79 Å². The number of carbonyl (C=O) groups excluding carboxylic acids is 1. The van der Waals surface area contributed by atoms with E-state index < -0.39 is 0 Å². The molecular formula is C21H35IN4O. The molecule has 152 valence electrons. The molecule has 1 aromatic carbocycles. The molecule has 1 fully saturated rings. The number of aliphatic imine (C=N–C) groups is 1. The molecule has 0 bridgehead atoms. The van der Waals surface area contributed by atoms with Crippen LogP contribution in [0.5, 0.6) is 0 Å². The standard InChI is InChI=1S/C21H34N4O.HI/c1-22-20(26)19-12-8-11-17(15-19)13-14-24-21(23-2)25-16-18-9-6-4-3-5-7-10-18;/h8,11-12,15,18H,3-7,9-10,13-14,16H2,1-2H3,(H,22,26)(H2,23,24,25);1H. The number of halogens is 1. The number of guanidine groups is 1. The Bertz CT molecular complexity index is 583. The summed E-state index contributed by atoms with van der Waals surface area (Å²) < 4.78 is 0. The van der Waals surface area contributed by atoms with Crippen LogP contribution in [0.2, 0.25) is 0 Å². The Kier molecular flexibility index (Phi) is 12.1. The average Bonchev–Trinajstić information content (AvgIpc) is 2.65. The molecule has 0 heterocycles. The SMILES string of the molecule is CN=C(NCCc1cccc(C(=O)NC)c1)NCC1CCCCCCC1.I. The van der Waals surface area contributed by atoms with E-state index >= 15 is 0 Å². The number of nitrogens with one attached hydrogen (secondary N) is 3. The summed E-state index contributed by atoms with van der Waals surface area (Å²) in [5.74, 6) is 1.59. The number of nitrogens with zero attached hydrogens (tertiary/aromatic N) is 1. The van der Waals surface area contributed by atoms with Gasteiger partial charge in [0, 0.05) is 32.7 Å². The number of amides is 1. The molecule has 0 aliphatic heterocycles. The van der Waals surface area contributed by atoms with E-state index in [1.165, 1.54) is 44.9 Å². The second kappa shape index (κ2) is 13.8. The summed E-state index contributed by atoms with van der Waals surface area (Å²) in [5, 5.41) is 9.54. The molecule has 1 aliphatic rings. The van der Waals surface area contributed by atoms with Crippen LogP contribution in [0.25, 0.3) is 0 Å². The maximum atomic E-state index is 11.7. The zero-order valence-corrected chi connectivity index (χ0v) is 19.1. The van der Waals surface area contributed by atoms with Crippen LogP contribution in [0.1, 0.15) is 60.9 Å². The van der Waals surface area contributed by atoms with E-state index in [1.807, 2.05) is 25.2 Å². The molecule has 3 N–H and O–H groups in total. The van der Waals surface area contributed by atoms with Gasteiger partial charge in [0.15, 0.2) is 5.96 Å². The second-order valence-corrected chi connectivity index (χ2v) is 7.12. The van der Waals surface area contributed by atoms with Gasteiger partial charge in [-0.2, -0.15) is 0 Å². The minimum atomic E-state index is -0.0449. The summed E-state index contributed by atoms with van der Waals surface area (Å²) in [7, 11) is 3.47.